The van der Waals surface area contributed by atoms with E-state index in [0.717, 1.165) is 13.1 Å². The molecule has 27 heavy (non-hydrogen) atoms. The average molecular weight is 387 g/mol. The lowest BCUT2D eigenvalue weighted by molar-refractivity contribution is 0.0745. The molecule has 2 aliphatic heterocycles. The van der Waals surface area contributed by atoms with E-state index in [4.69, 9.17) is 21.1 Å². The van der Waals surface area contributed by atoms with Crippen molar-refractivity contribution in [1.82, 2.24) is 4.90 Å². The van der Waals surface area contributed by atoms with E-state index < -0.39 is 0 Å². The second-order valence-corrected chi connectivity index (χ2v) is 7.39. The number of benzene rings is 2. The minimum absolute atomic E-state index is 0.0190. The van der Waals surface area contributed by atoms with Crippen molar-refractivity contribution in [3.63, 3.8) is 0 Å². The minimum atomic E-state index is -0.0190. The summed E-state index contributed by atoms with van der Waals surface area (Å²) in [4.78, 5) is 17.2. The summed E-state index contributed by atoms with van der Waals surface area (Å²) in [5.74, 6) is 1.06. The summed E-state index contributed by atoms with van der Waals surface area (Å²) in [6.07, 6.45) is 0. The lowest BCUT2D eigenvalue weighted by Gasteiger charge is -2.37. The van der Waals surface area contributed by atoms with Crippen LogP contribution in [-0.2, 0) is 0 Å². The van der Waals surface area contributed by atoms with Crippen LogP contribution in [0.15, 0.2) is 30.3 Å². The van der Waals surface area contributed by atoms with E-state index in [1.54, 1.807) is 12.1 Å². The summed E-state index contributed by atoms with van der Waals surface area (Å²) >= 11 is 6.28. The zero-order chi connectivity index (χ0) is 19.0. The summed E-state index contributed by atoms with van der Waals surface area (Å²) < 4.78 is 11.1. The summed E-state index contributed by atoms with van der Waals surface area (Å²) in [7, 11) is 0. The van der Waals surface area contributed by atoms with Crippen molar-refractivity contribution in [2.24, 2.45) is 0 Å². The Kier molecular flexibility index (Phi) is 4.87. The zero-order valence-electron chi connectivity index (χ0n) is 15.6. The van der Waals surface area contributed by atoms with Crippen molar-refractivity contribution in [1.29, 1.82) is 0 Å². The molecule has 142 valence electrons. The van der Waals surface area contributed by atoms with Gasteiger partial charge in [0.1, 0.15) is 13.2 Å². The zero-order valence-corrected chi connectivity index (χ0v) is 16.4. The van der Waals surface area contributed by atoms with E-state index in [1.807, 2.05) is 4.90 Å². The minimum Gasteiger partial charge on any atom is -0.486 e. The highest BCUT2D eigenvalue weighted by atomic mass is 35.5. The number of piperazine rings is 1. The standard InChI is InChI=1S/C21H23ClN2O3/c1-14-4-3-5-18(15(14)2)23-6-8-24(9-7-23)21(25)16-12-17(22)20-19(13-16)26-10-11-27-20/h3-5,12-13H,6-11H2,1-2H3. The second-order valence-electron chi connectivity index (χ2n) is 6.98. The molecule has 5 nitrogen and oxygen atoms in total. The van der Waals surface area contributed by atoms with Crippen LogP contribution in [-0.4, -0.2) is 50.2 Å². The van der Waals surface area contributed by atoms with E-state index in [-0.39, 0.29) is 5.91 Å². The van der Waals surface area contributed by atoms with Crippen molar-refractivity contribution in [2.75, 3.05) is 44.3 Å². The maximum Gasteiger partial charge on any atom is 0.254 e. The number of halogens is 1. The first kappa shape index (κ1) is 18.0. The second kappa shape index (κ2) is 7.31. The van der Waals surface area contributed by atoms with E-state index >= 15 is 0 Å². The van der Waals surface area contributed by atoms with Crippen molar-refractivity contribution < 1.29 is 14.3 Å². The number of hydrogen-bond acceptors (Lipinski definition) is 4. The van der Waals surface area contributed by atoms with E-state index in [1.165, 1.54) is 16.8 Å². The van der Waals surface area contributed by atoms with Gasteiger partial charge in [-0.15, -0.1) is 0 Å². The van der Waals surface area contributed by atoms with Crippen molar-refractivity contribution in [3.8, 4) is 11.5 Å². The molecule has 0 unspecified atom stereocenters. The van der Waals surface area contributed by atoms with Gasteiger partial charge in [0.2, 0.25) is 0 Å². The van der Waals surface area contributed by atoms with Gasteiger partial charge in [-0.1, -0.05) is 23.7 Å². The van der Waals surface area contributed by atoms with Crippen LogP contribution in [0.2, 0.25) is 5.02 Å². The first-order chi connectivity index (χ1) is 13.0. The van der Waals surface area contributed by atoms with Crippen molar-refractivity contribution >= 4 is 23.2 Å². The number of carbonyl (C=O) groups is 1. The predicted molar refractivity (Wildman–Crippen MR) is 106 cm³/mol. The van der Waals surface area contributed by atoms with E-state index in [9.17, 15) is 4.79 Å². The van der Waals surface area contributed by atoms with Crippen LogP contribution in [0.25, 0.3) is 0 Å². The molecule has 2 heterocycles. The largest absolute Gasteiger partial charge is 0.486 e. The monoisotopic (exact) mass is 386 g/mol. The molecule has 1 fully saturated rings. The molecule has 2 aromatic rings. The Labute approximate surface area is 164 Å². The summed E-state index contributed by atoms with van der Waals surface area (Å²) in [5, 5.41) is 0.421. The number of fused-ring (bicyclic) bond motifs is 1. The molecule has 0 N–H and O–H groups in total. The molecule has 1 saturated heterocycles. The number of ether oxygens (including phenoxy) is 2. The smallest absolute Gasteiger partial charge is 0.254 e. The molecule has 6 heteroatoms. The molecular weight excluding hydrogens is 364 g/mol. The lowest BCUT2D eigenvalue weighted by Crippen LogP contribution is -2.49. The van der Waals surface area contributed by atoms with Gasteiger partial charge in [0.25, 0.3) is 5.91 Å². The fourth-order valence-electron chi connectivity index (χ4n) is 3.65. The number of hydrogen-bond donors (Lipinski definition) is 0. The number of amides is 1. The van der Waals surface area contributed by atoms with Crippen LogP contribution in [0.1, 0.15) is 21.5 Å². The van der Waals surface area contributed by atoms with Gasteiger partial charge < -0.3 is 19.3 Å². The Bertz CT molecular complexity index is 876. The van der Waals surface area contributed by atoms with Gasteiger partial charge in [0.05, 0.1) is 5.02 Å². The third kappa shape index (κ3) is 3.44. The Hall–Kier alpha value is -2.40. The topological polar surface area (TPSA) is 42.0 Å². The molecule has 0 saturated carbocycles. The average Bonchev–Trinajstić information content (AvgIpc) is 2.70. The molecule has 0 aromatic heterocycles. The fourth-order valence-corrected chi connectivity index (χ4v) is 3.91. The molecule has 1 amide bonds. The Morgan fingerprint density at radius 2 is 1.78 bits per heavy atom. The summed E-state index contributed by atoms with van der Waals surface area (Å²) in [5.41, 5.74) is 4.39. The van der Waals surface area contributed by atoms with Crippen molar-refractivity contribution in [2.45, 2.75) is 13.8 Å². The first-order valence-electron chi connectivity index (χ1n) is 9.24. The third-order valence-corrected chi connectivity index (χ3v) is 5.61. The van der Waals surface area contributed by atoms with E-state index in [2.05, 4.69) is 36.9 Å². The molecule has 2 aliphatic rings. The maximum atomic E-state index is 13.0. The predicted octanol–water partition coefficient (Wildman–Crippen LogP) is 3.69. The molecule has 4 rings (SSSR count). The maximum absolute atomic E-state index is 13.0. The highest BCUT2D eigenvalue weighted by Crippen LogP contribution is 2.38. The molecule has 0 bridgehead atoms. The molecule has 2 aromatic carbocycles. The molecular formula is C21H23ClN2O3. The van der Waals surface area contributed by atoms with Gasteiger partial charge in [-0.05, 0) is 43.2 Å². The van der Waals surface area contributed by atoms with Crippen LogP contribution in [0.4, 0.5) is 5.69 Å². The quantitative estimate of drug-likeness (QED) is 0.789. The van der Waals surface area contributed by atoms with Gasteiger partial charge in [-0.2, -0.15) is 0 Å². The lowest BCUT2D eigenvalue weighted by atomic mass is 10.1. The van der Waals surface area contributed by atoms with Gasteiger partial charge in [0.15, 0.2) is 11.5 Å². The number of anilines is 1. The van der Waals surface area contributed by atoms with Crippen LogP contribution in [0.5, 0.6) is 11.5 Å². The number of nitrogens with zero attached hydrogens (tertiary/aromatic N) is 2. The first-order valence-corrected chi connectivity index (χ1v) is 9.62. The number of aryl methyl sites for hydroxylation is 1. The van der Waals surface area contributed by atoms with Crippen LogP contribution < -0.4 is 14.4 Å². The number of rotatable bonds is 2. The van der Waals surface area contributed by atoms with Gasteiger partial charge in [0, 0.05) is 37.4 Å². The number of carbonyl (C=O) groups excluding carboxylic acids is 1. The molecule has 0 aliphatic carbocycles. The fraction of sp³-hybridized carbons (Fsp3) is 0.381. The Morgan fingerprint density at radius 3 is 2.56 bits per heavy atom. The van der Waals surface area contributed by atoms with Crippen molar-refractivity contribution in [3.05, 3.63) is 52.0 Å². The SMILES string of the molecule is Cc1cccc(N2CCN(C(=O)c3cc(Cl)c4c(c3)OCCO4)CC2)c1C. The third-order valence-electron chi connectivity index (χ3n) is 5.33. The van der Waals surface area contributed by atoms with Crippen LogP contribution in [0.3, 0.4) is 0 Å². The summed E-state index contributed by atoms with van der Waals surface area (Å²) in [6.45, 7) is 8.21. The van der Waals surface area contributed by atoms with E-state index in [0.29, 0.717) is 48.4 Å². The molecule has 0 radical (unpaired) electrons. The Balaban J connectivity index is 1.47. The van der Waals surface area contributed by atoms with Gasteiger partial charge in [-0.25, -0.2) is 0 Å². The highest BCUT2D eigenvalue weighted by molar-refractivity contribution is 6.32. The highest BCUT2D eigenvalue weighted by Gasteiger charge is 2.26. The molecule has 0 spiro atoms. The van der Waals surface area contributed by atoms with Crippen LogP contribution >= 0.6 is 11.6 Å². The Morgan fingerprint density at radius 1 is 1.04 bits per heavy atom. The van der Waals surface area contributed by atoms with Gasteiger partial charge >= 0.3 is 0 Å². The van der Waals surface area contributed by atoms with Crippen LogP contribution in [0, 0.1) is 13.8 Å². The normalized spacial score (nSPS) is 16.4. The molecule has 0 atom stereocenters. The van der Waals surface area contributed by atoms with Gasteiger partial charge in [-0.3, -0.25) is 4.79 Å². The summed E-state index contributed by atoms with van der Waals surface area (Å²) in [6, 6.07) is 9.78.